The van der Waals surface area contributed by atoms with Gasteiger partial charge in [-0.3, -0.25) is 24.0 Å². The largest absolute Gasteiger partial charge is 0.508 e. The van der Waals surface area contributed by atoms with Crippen molar-refractivity contribution in [2.45, 2.75) is 39.2 Å². The number of fused-ring (bicyclic) bond motifs is 3. The number of rotatable bonds is 7. The van der Waals surface area contributed by atoms with Gasteiger partial charge >= 0.3 is 5.97 Å². The van der Waals surface area contributed by atoms with Crippen molar-refractivity contribution in [3.63, 3.8) is 0 Å². The molecule has 2 aromatic carbocycles. The van der Waals surface area contributed by atoms with Crippen LogP contribution in [-0.2, 0) is 30.3 Å². The van der Waals surface area contributed by atoms with E-state index in [2.05, 4.69) is 5.32 Å². The Balaban J connectivity index is 1.60. The predicted octanol–water partition coefficient (Wildman–Crippen LogP) is 2.27. The van der Waals surface area contributed by atoms with Crippen molar-refractivity contribution < 1.29 is 49.1 Å². The predicted molar refractivity (Wildman–Crippen MR) is 159 cm³/mol. The van der Waals surface area contributed by atoms with Crippen LogP contribution in [0.15, 0.2) is 53.3 Å². The highest BCUT2D eigenvalue weighted by atomic mass is 16.5. The van der Waals surface area contributed by atoms with Crippen LogP contribution < -0.4 is 11.1 Å². The Bertz CT molecular complexity index is 1720. The minimum atomic E-state index is -2.69. The molecule has 236 valence electrons. The van der Waals surface area contributed by atoms with Crippen LogP contribution >= 0.6 is 0 Å². The Morgan fingerprint density at radius 3 is 2.47 bits per heavy atom. The summed E-state index contributed by atoms with van der Waals surface area (Å²) in [5, 5.41) is 47.6. The average Bonchev–Trinajstić information content (AvgIpc) is 2.97. The summed E-state index contributed by atoms with van der Waals surface area (Å²) in [6.45, 7) is 4.89. The third-order valence-corrected chi connectivity index (χ3v) is 8.99. The first-order valence-corrected chi connectivity index (χ1v) is 14.6. The highest BCUT2D eigenvalue weighted by Gasteiger charge is 2.64. The summed E-state index contributed by atoms with van der Waals surface area (Å²) >= 11 is 0. The van der Waals surface area contributed by atoms with Crippen molar-refractivity contribution >= 4 is 35.1 Å². The molecule has 0 spiro atoms. The second kappa shape index (κ2) is 11.5. The molecular weight excluding hydrogens is 584 g/mol. The number of phenolic OH excluding ortho intramolecular Hbond substituents is 1. The Morgan fingerprint density at radius 1 is 1.11 bits per heavy atom. The lowest BCUT2D eigenvalue weighted by Crippen LogP contribution is -2.62. The van der Waals surface area contributed by atoms with Crippen LogP contribution in [0, 0.1) is 23.7 Å². The summed E-state index contributed by atoms with van der Waals surface area (Å²) in [4.78, 5) is 64.0. The fourth-order valence-electron chi connectivity index (χ4n) is 7.05. The van der Waals surface area contributed by atoms with E-state index in [0.29, 0.717) is 16.7 Å². The average molecular weight is 619 g/mol. The van der Waals surface area contributed by atoms with E-state index < -0.39 is 75.7 Å². The number of hydrogen-bond donors (Lipinski definition) is 6. The summed E-state index contributed by atoms with van der Waals surface area (Å²) in [5.41, 5.74) is 3.34. The van der Waals surface area contributed by atoms with Gasteiger partial charge in [0.15, 0.2) is 11.4 Å². The maximum absolute atomic E-state index is 14.0. The van der Waals surface area contributed by atoms with E-state index in [-0.39, 0.29) is 48.4 Å². The quantitative estimate of drug-likeness (QED) is 0.197. The van der Waals surface area contributed by atoms with Crippen LogP contribution in [0.3, 0.4) is 0 Å². The second-order valence-electron chi connectivity index (χ2n) is 11.9. The molecule has 0 unspecified atom stereocenters. The van der Waals surface area contributed by atoms with E-state index in [1.165, 1.54) is 6.07 Å². The van der Waals surface area contributed by atoms with Gasteiger partial charge in [-0.1, -0.05) is 32.0 Å². The number of Topliss-reactive ketones (excluding diaryl/α,β-unsaturated/α-hetero) is 2. The monoisotopic (exact) mass is 618 g/mol. The minimum Gasteiger partial charge on any atom is -0.508 e. The van der Waals surface area contributed by atoms with Crippen molar-refractivity contribution in [2.75, 3.05) is 13.2 Å². The topological polar surface area (TPSA) is 214 Å². The zero-order valence-electron chi connectivity index (χ0n) is 24.9. The van der Waals surface area contributed by atoms with Crippen molar-refractivity contribution in [2.24, 2.45) is 29.4 Å². The standard InChI is InChI=1S/C33H34N2O10/c1-4-45-22(37)13-35-32(43)16-7-5-6-15(10-16)18-8-9-21(36)25-19(18)11-17-12-20-23(14(2)3)27(38)26(31(34)42)30(41)33(20,44)29(40)24(17)28(25)39/h5-10,14,17,20,23,36,39,41,44H,4,11-13H2,1-3H3,(H2,34,42)(H,35,43)/t17-,20-,23-,33-/m0/s1. The molecular formula is C33H34N2O10. The molecule has 1 fully saturated rings. The summed E-state index contributed by atoms with van der Waals surface area (Å²) in [6.07, 6.45) is 0.0827. The van der Waals surface area contributed by atoms with Crippen molar-refractivity contribution in [3.8, 4) is 16.9 Å². The van der Waals surface area contributed by atoms with Crippen molar-refractivity contribution in [1.29, 1.82) is 0 Å². The number of hydrogen-bond acceptors (Lipinski definition) is 10. The number of amides is 2. The number of nitrogens with one attached hydrogen (secondary N) is 1. The number of esters is 1. The molecule has 1 saturated carbocycles. The number of ketones is 2. The number of carbonyl (C=O) groups excluding carboxylic acids is 5. The number of primary amides is 1. The number of ether oxygens (including phenoxy) is 1. The van der Waals surface area contributed by atoms with Crippen LogP contribution in [-0.4, -0.2) is 68.5 Å². The zero-order valence-corrected chi connectivity index (χ0v) is 24.9. The van der Waals surface area contributed by atoms with Gasteiger partial charge in [-0.25, -0.2) is 0 Å². The molecule has 0 aromatic heterocycles. The second-order valence-corrected chi connectivity index (χ2v) is 11.9. The molecule has 5 rings (SSSR count). The number of aliphatic hydroxyl groups excluding tert-OH is 2. The smallest absolute Gasteiger partial charge is 0.325 e. The highest BCUT2D eigenvalue weighted by Crippen LogP contribution is 2.55. The van der Waals surface area contributed by atoms with Crippen LogP contribution in [0.25, 0.3) is 16.9 Å². The molecule has 12 heteroatoms. The Kier molecular flexibility index (Phi) is 8.05. The summed E-state index contributed by atoms with van der Waals surface area (Å²) in [5.74, 6) is -9.66. The fraction of sp³-hybridized carbons (Fsp3) is 0.364. The maximum Gasteiger partial charge on any atom is 0.325 e. The van der Waals surface area contributed by atoms with E-state index in [0.717, 1.165) is 0 Å². The van der Waals surface area contributed by atoms with E-state index in [1.54, 1.807) is 51.1 Å². The number of phenols is 1. The van der Waals surface area contributed by atoms with Crippen molar-refractivity contribution in [1.82, 2.24) is 5.32 Å². The first-order chi connectivity index (χ1) is 21.2. The molecule has 0 bridgehead atoms. The summed E-state index contributed by atoms with van der Waals surface area (Å²) < 4.78 is 4.84. The number of nitrogens with two attached hydrogens (primary N) is 1. The third-order valence-electron chi connectivity index (χ3n) is 8.99. The van der Waals surface area contributed by atoms with Crippen LogP contribution in [0.2, 0.25) is 0 Å². The van der Waals surface area contributed by atoms with Gasteiger partial charge in [0, 0.05) is 23.0 Å². The summed E-state index contributed by atoms with van der Waals surface area (Å²) in [7, 11) is 0. The van der Waals surface area contributed by atoms with Gasteiger partial charge in [-0.05, 0) is 66.5 Å². The Hall–Kier alpha value is -4.97. The van der Waals surface area contributed by atoms with Crippen molar-refractivity contribution in [3.05, 3.63) is 70.0 Å². The first-order valence-electron chi connectivity index (χ1n) is 14.6. The van der Waals surface area contributed by atoms with E-state index >= 15 is 0 Å². The van der Waals surface area contributed by atoms with Gasteiger partial charge < -0.3 is 36.2 Å². The summed E-state index contributed by atoms with van der Waals surface area (Å²) in [6, 6.07) is 9.42. The van der Waals surface area contributed by atoms with E-state index in [4.69, 9.17) is 10.5 Å². The first kappa shape index (κ1) is 31.5. The SMILES string of the molecule is CCOC(=O)CNC(=O)c1cccc(-c2ccc(O)c3c2C[C@H]2C[C@H]4[C@H](C(C)C)C(=O)C(C(N)=O)=C(O)[C@@]4(O)C(=O)C2=C3O)c1. The Morgan fingerprint density at radius 2 is 1.82 bits per heavy atom. The maximum atomic E-state index is 14.0. The normalized spacial score (nSPS) is 24.2. The van der Waals surface area contributed by atoms with Gasteiger partial charge in [0.1, 0.15) is 29.4 Å². The molecule has 0 heterocycles. The molecule has 45 heavy (non-hydrogen) atoms. The molecule has 3 aliphatic rings. The lowest BCUT2D eigenvalue weighted by atomic mass is 9.54. The van der Waals surface area contributed by atoms with Gasteiger partial charge in [-0.15, -0.1) is 0 Å². The molecule has 12 nitrogen and oxygen atoms in total. The van der Waals surface area contributed by atoms with Gasteiger partial charge in [-0.2, -0.15) is 0 Å². The number of benzene rings is 2. The zero-order chi connectivity index (χ0) is 33.0. The molecule has 0 saturated heterocycles. The number of carbonyl (C=O) groups is 5. The fourth-order valence-corrected chi connectivity index (χ4v) is 7.05. The van der Waals surface area contributed by atoms with Crippen LogP contribution in [0.5, 0.6) is 5.75 Å². The molecule has 4 atom stereocenters. The lowest BCUT2D eigenvalue weighted by Gasteiger charge is -2.50. The van der Waals surface area contributed by atoms with Gasteiger partial charge in [0.2, 0.25) is 5.78 Å². The van der Waals surface area contributed by atoms with Crippen LogP contribution in [0.1, 0.15) is 48.7 Å². The van der Waals surface area contributed by atoms with Gasteiger partial charge in [0.25, 0.3) is 11.8 Å². The van der Waals surface area contributed by atoms with Crippen LogP contribution in [0.4, 0.5) is 0 Å². The molecule has 0 radical (unpaired) electrons. The van der Waals surface area contributed by atoms with E-state index in [1.807, 2.05) is 0 Å². The lowest BCUT2D eigenvalue weighted by molar-refractivity contribution is -0.155. The number of aliphatic hydroxyl groups is 3. The molecule has 2 aromatic rings. The number of aromatic hydroxyl groups is 1. The highest BCUT2D eigenvalue weighted by molar-refractivity contribution is 6.23. The third kappa shape index (κ3) is 4.95. The van der Waals surface area contributed by atoms with Gasteiger partial charge in [0.05, 0.1) is 12.2 Å². The molecule has 2 amide bonds. The minimum absolute atomic E-state index is 0.0167. The van der Waals surface area contributed by atoms with E-state index in [9.17, 15) is 44.4 Å². The molecule has 0 aliphatic heterocycles. The molecule has 3 aliphatic carbocycles. The Labute approximate surface area is 258 Å². The molecule has 7 N–H and O–H groups in total.